The van der Waals surface area contributed by atoms with Crippen LogP contribution in [-0.2, 0) is 22.6 Å². The minimum Gasteiger partial charge on any atom is -0.342 e. The molecule has 0 radical (unpaired) electrons. The topological polar surface area (TPSA) is 75.5 Å². The number of aryl methyl sites for hydroxylation is 1. The average Bonchev–Trinajstić information content (AvgIpc) is 3.55. The molecule has 0 saturated carbocycles. The predicted molar refractivity (Wildman–Crippen MR) is 141 cm³/mol. The molecule has 1 aliphatic carbocycles. The first-order valence-corrected chi connectivity index (χ1v) is 13.1. The lowest BCUT2D eigenvalue weighted by molar-refractivity contribution is -0.137. The van der Waals surface area contributed by atoms with Gasteiger partial charge in [0.25, 0.3) is 0 Å². The van der Waals surface area contributed by atoms with Crippen molar-refractivity contribution in [3.63, 3.8) is 0 Å². The van der Waals surface area contributed by atoms with Gasteiger partial charge in [0, 0.05) is 50.6 Å². The second kappa shape index (κ2) is 10.7. The molecule has 2 atom stereocenters. The van der Waals surface area contributed by atoms with Gasteiger partial charge in [0.1, 0.15) is 6.54 Å². The van der Waals surface area contributed by atoms with E-state index < -0.39 is 0 Å². The second-order valence-electron chi connectivity index (χ2n) is 10.3. The highest BCUT2D eigenvalue weighted by Crippen LogP contribution is 2.36. The summed E-state index contributed by atoms with van der Waals surface area (Å²) in [6.45, 7) is 3.60. The summed E-state index contributed by atoms with van der Waals surface area (Å²) < 4.78 is 1.66. The molecule has 5 rings (SSSR count). The zero-order chi connectivity index (χ0) is 25.9. The quantitative estimate of drug-likeness (QED) is 0.496. The molecule has 192 valence electrons. The lowest BCUT2D eigenvalue weighted by atomic mass is 9.83. The van der Waals surface area contributed by atoms with Gasteiger partial charge in [-0.15, -0.1) is 0 Å². The molecule has 1 fully saturated rings. The normalized spacial score (nSPS) is 18.5. The molecule has 2 aliphatic rings. The number of likely N-dealkylation sites (tertiary alicyclic amines) is 1. The summed E-state index contributed by atoms with van der Waals surface area (Å²) in [4.78, 5) is 42.9. The van der Waals surface area contributed by atoms with Crippen LogP contribution in [0.15, 0.2) is 67.0 Å². The largest absolute Gasteiger partial charge is 0.342 e. The summed E-state index contributed by atoms with van der Waals surface area (Å²) in [6, 6.07) is 17.7. The number of carbonyl (C=O) groups is 3. The standard InChI is InChI=1S/C30H34N4O3/c1-21-8-3-4-9-23(21)18-27(32(2)29(36)20-34-15-7-14-31-34)22-12-16-33(17-13-22)30(37)26-19-28(35)25-11-6-5-10-24(25)26/h3-11,14-15,22,26-27H,12-13,16-20H2,1-2H3/t26-,27+/m0/s1. The smallest absolute Gasteiger partial charge is 0.244 e. The molecule has 7 nitrogen and oxygen atoms in total. The summed E-state index contributed by atoms with van der Waals surface area (Å²) in [6.07, 6.45) is 6.17. The van der Waals surface area contributed by atoms with Gasteiger partial charge in [-0.25, -0.2) is 0 Å². The number of Topliss-reactive ketones (excluding diaryl/α,β-unsaturated/α-hetero) is 1. The number of aromatic nitrogens is 2. The molecule has 1 aliphatic heterocycles. The molecule has 0 unspecified atom stereocenters. The maximum absolute atomic E-state index is 13.4. The Morgan fingerprint density at radius 1 is 1.05 bits per heavy atom. The maximum Gasteiger partial charge on any atom is 0.244 e. The number of likely N-dealkylation sites (N-methyl/N-ethyl adjacent to an activating group) is 1. The average molecular weight is 499 g/mol. The van der Waals surface area contributed by atoms with E-state index in [-0.39, 0.29) is 48.4 Å². The number of amides is 2. The van der Waals surface area contributed by atoms with E-state index >= 15 is 0 Å². The summed E-state index contributed by atoms with van der Waals surface area (Å²) in [5, 5.41) is 4.20. The fourth-order valence-corrected chi connectivity index (χ4v) is 5.92. The van der Waals surface area contributed by atoms with Crippen molar-refractivity contribution in [1.29, 1.82) is 0 Å². The number of nitrogens with zero attached hydrogens (tertiary/aromatic N) is 4. The van der Waals surface area contributed by atoms with Crippen LogP contribution in [0.1, 0.15) is 52.2 Å². The highest BCUT2D eigenvalue weighted by molar-refractivity contribution is 6.06. The van der Waals surface area contributed by atoms with E-state index in [0.29, 0.717) is 18.7 Å². The van der Waals surface area contributed by atoms with Crippen molar-refractivity contribution in [2.75, 3.05) is 20.1 Å². The number of hydrogen-bond donors (Lipinski definition) is 0. The number of piperidine rings is 1. The van der Waals surface area contributed by atoms with Gasteiger partial charge in [-0.2, -0.15) is 5.10 Å². The third kappa shape index (κ3) is 5.22. The lowest BCUT2D eigenvalue weighted by Crippen LogP contribution is -2.49. The Kier molecular flexibility index (Phi) is 7.22. The van der Waals surface area contributed by atoms with Crippen molar-refractivity contribution >= 4 is 17.6 Å². The molecule has 0 spiro atoms. The van der Waals surface area contributed by atoms with Crippen molar-refractivity contribution in [2.45, 2.75) is 51.1 Å². The SMILES string of the molecule is Cc1ccccc1C[C@H](C1CCN(C(=O)[C@H]2CC(=O)c3ccccc32)CC1)N(C)C(=O)Cn1cccn1. The van der Waals surface area contributed by atoms with Gasteiger partial charge < -0.3 is 9.80 Å². The van der Waals surface area contributed by atoms with Crippen LogP contribution >= 0.6 is 0 Å². The number of fused-ring (bicyclic) bond motifs is 1. The van der Waals surface area contributed by atoms with E-state index in [9.17, 15) is 14.4 Å². The second-order valence-corrected chi connectivity index (χ2v) is 10.3. The molecule has 2 aromatic carbocycles. The van der Waals surface area contributed by atoms with E-state index in [1.165, 1.54) is 11.1 Å². The van der Waals surface area contributed by atoms with Gasteiger partial charge in [-0.3, -0.25) is 19.1 Å². The fourth-order valence-electron chi connectivity index (χ4n) is 5.92. The van der Waals surface area contributed by atoms with Crippen molar-refractivity contribution < 1.29 is 14.4 Å². The molecule has 7 heteroatoms. The molecular weight excluding hydrogens is 464 g/mol. The van der Waals surface area contributed by atoms with Gasteiger partial charge in [0.2, 0.25) is 11.8 Å². The van der Waals surface area contributed by atoms with Gasteiger partial charge in [0.05, 0.1) is 5.92 Å². The van der Waals surface area contributed by atoms with Gasteiger partial charge in [-0.1, -0.05) is 48.5 Å². The molecule has 37 heavy (non-hydrogen) atoms. The van der Waals surface area contributed by atoms with Gasteiger partial charge >= 0.3 is 0 Å². The zero-order valence-corrected chi connectivity index (χ0v) is 21.5. The van der Waals surface area contributed by atoms with Crippen molar-refractivity contribution in [1.82, 2.24) is 19.6 Å². The number of benzene rings is 2. The van der Waals surface area contributed by atoms with E-state index in [4.69, 9.17) is 0 Å². The summed E-state index contributed by atoms with van der Waals surface area (Å²) in [5.74, 6) is 0.0330. The van der Waals surface area contributed by atoms with Crippen LogP contribution in [0.3, 0.4) is 0 Å². The zero-order valence-electron chi connectivity index (χ0n) is 21.5. The summed E-state index contributed by atoms with van der Waals surface area (Å²) in [7, 11) is 1.90. The Bertz CT molecular complexity index is 1280. The van der Waals surface area contributed by atoms with Crippen LogP contribution in [0.2, 0.25) is 0 Å². The highest BCUT2D eigenvalue weighted by atomic mass is 16.2. The van der Waals surface area contributed by atoms with Crippen LogP contribution < -0.4 is 0 Å². The first-order valence-electron chi connectivity index (χ1n) is 13.1. The van der Waals surface area contributed by atoms with E-state index in [1.807, 2.05) is 59.3 Å². The van der Waals surface area contributed by atoms with Crippen LogP contribution in [0, 0.1) is 12.8 Å². The first kappa shape index (κ1) is 24.9. The van der Waals surface area contributed by atoms with E-state index in [0.717, 1.165) is 24.8 Å². The van der Waals surface area contributed by atoms with Crippen LogP contribution in [0.5, 0.6) is 0 Å². The van der Waals surface area contributed by atoms with Crippen molar-refractivity contribution in [2.24, 2.45) is 5.92 Å². The third-order valence-corrected chi connectivity index (χ3v) is 8.16. The number of carbonyl (C=O) groups excluding carboxylic acids is 3. The highest BCUT2D eigenvalue weighted by Gasteiger charge is 2.39. The number of hydrogen-bond acceptors (Lipinski definition) is 4. The molecule has 2 amide bonds. The number of rotatable bonds is 7. The van der Waals surface area contributed by atoms with E-state index in [1.54, 1.807) is 17.1 Å². The molecule has 3 aromatic rings. The summed E-state index contributed by atoms with van der Waals surface area (Å²) >= 11 is 0. The van der Waals surface area contributed by atoms with Crippen molar-refractivity contribution in [3.8, 4) is 0 Å². The number of ketones is 1. The Labute approximate surface area is 218 Å². The Morgan fingerprint density at radius 3 is 2.51 bits per heavy atom. The van der Waals surface area contributed by atoms with Gasteiger partial charge in [0.15, 0.2) is 5.78 Å². The van der Waals surface area contributed by atoms with Crippen LogP contribution in [0.25, 0.3) is 0 Å². The molecular formula is C30H34N4O3. The first-order chi connectivity index (χ1) is 17.9. The molecule has 0 bridgehead atoms. The fraction of sp³-hybridized carbons (Fsp3) is 0.400. The Balaban J connectivity index is 1.29. The Hall–Kier alpha value is -3.74. The monoisotopic (exact) mass is 498 g/mol. The van der Waals surface area contributed by atoms with Crippen LogP contribution in [-0.4, -0.2) is 63.4 Å². The minimum atomic E-state index is -0.374. The van der Waals surface area contributed by atoms with Crippen LogP contribution in [0.4, 0.5) is 0 Å². The van der Waals surface area contributed by atoms with E-state index in [2.05, 4.69) is 24.2 Å². The molecule has 2 heterocycles. The molecule has 1 saturated heterocycles. The van der Waals surface area contributed by atoms with Crippen molar-refractivity contribution in [3.05, 3.63) is 89.2 Å². The summed E-state index contributed by atoms with van der Waals surface area (Å²) in [5.41, 5.74) is 4.01. The lowest BCUT2D eigenvalue weighted by Gasteiger charge is -2.41. The predicted octanol–water partition coefficient (Wildman–Crippen LogP) is 3.87. The third-order valence-electron chi connectivity index (χ3n) is 8.16. The molecule has 1 aromatic heterocycles. The minimum absolute atomic E-state index is 0.0233. The molecule has 0 N–H and O–H groups in total. The maximum atomic E-state index is 13.4. The van der Waals surface area contributed by atoms with Gasteiger partial charge in [-0.05, 0) is 54.9 Å². The Morgan fingerprint density at radius 2 is 1.78 bits per heavy atom.